The van der Waals surface area contributed by atoms with Crippen LogP contribution in [0.4, 0.5) is 0 Å². The van der Waals surface area contributed by atoms with Crippen LogP contribution in [0.15, 0.2) is 18.2 Å². The molecule has 4 rings (SSSR count). The van der Waals surface area contributed by atoms with E-state index in [1.807, 2.05) is 6.07 Å². The molecule has 2 N–H and O–H groups in total. The van der Waals surface area contributed by atoms with Crippen molar-refractivity contribution in [2.24, 2.45) is 0 Å². The number of nitrogens with zero attached hydrogens (tertiary/aromatic N) is 1. The highest BCUT2D eigenvalue weighted by Crippen LogP contribution is 2.30. The number of rotatable bonds is 3. The first-order chi connectivity index (χ1) is 11.7. The molecule has 0 spiro atoms. The minimum atomic E-state index is -0.206. The van der Waals surface area contributed by atoms with Crippen molar-refractivity contribution >= 4 is 11.8 Å². The SMILES string of the molecule is O=C1CCC(N2Cc3ccc(O[C@H]4CCCNC4)cc3C2)C(=O)N1. The summed E-state index contributed by atoms with van der Waals surface area (Å²) in [5.41, 5.74) is 2.47. The van der Waals surface area contributed by atoms with Crippen LogP contribution in [-0.2, 0) is 22.7 Å². The summed E-state index contributed by atoms with van der Waals surface area (Å²) in [5, 5.41) is 5.81. The zero-order valence-electron chi connectivity index (χ0n) is 13.7. The van der Waals surface area contributed by atoms with Crippen molar-refractivity contribution in [1.29, 1.82) is 0 Å². The molecule has 0 bridgehead atoms. The molecule has 2 fully saturated rings. The maximum atomic E-state index is 12.1. The molecule has 0 radical (unpaired) electrons. The van der Waals surface area contributed by atoms with Gasteiger partial charge < -0.3 is 10.1 Å². The van der Waals surface area contributed by atoms with Crippen molar-refractivity contribution in [1.82, 2.24) is 15.5 Å². The zero-order chi connectivity index (χ0) is 16.5. The van der Waals surface area contributed by atoms with E-state index >= 15 is 0 Å². The predicted molar refractivity (Wildman–Crippen MR) is 88.4 cm³/mol. The topological polar surface area (TPSA) is 70.7 Å². The van der Waals surface area contributed by atoms with Gasteiger partial charge in [-0.15, -0.1) is 0 Å². The molecule has 0 saturated carbocycles. The lowest BCUT2D eigenvalue weighted by Gasteiger charge is -2.29. The molecule has 1 aromatic rings. The van der Waals surface area contributed by atoms with E-state index in [0.29, 0.717) is 12.8 Å². The van der Waals surface area contributed by atoms with E-state index in [2.05, 4.69) is 27.7 Å². The highest BCUT2D eigenvalue weighted by Gasteiger charge is 2.34. The standard InChI is InChI=1S/C18H23N3O3/c22-17-6-5-16(18(23)20-17)21-10-12-3-4-14(8-13(12)11-21)24-15-2-1-7-19-9-15/h3-4,8,15-16,19H,1-2,5-7,9-11H2,(H,20,22,23)/t15-,16?/m0/s1. The minimum Gasteiger partial charge on any atom is -0.489 e. The lowest BCUT2D eigenvalue weighted by Crippen LogP contribution is -2.50. The number of fused-ring (bicyclic) bond motifs is 1. The third-order valence-corrected chi connectivity index (χ3v) is 5.13. The molecule has 1 unspecified atom stereocenters. The third kappa shape index (κ3) is 3.16. The molecule has 6 nitrogen and oxygen atoms in total. The summed E-state index contributed by atoms with van der Waals surface area (Å²) in [6, 6.07) is 6.03. The van der Waals surface area contributed by atoms with Gasteiger partial charge in [0.2, 0.25) is 11.8 Å². The largest absolute Gasteiger partial charge is 0.489 e. The summed E-state index contributed by atoms with van der Waals surface area (Å²) in [5.74, 6) is 0.584. The van der Waals surface area contributed by atoms with Crippen LogP contribution in [0.25, 0.3) is 0 Å². The molecule has 1 aromatic carbocycles. The fourth-order valence-corrected chi connectivity index (χ4v) is 3.83. The number of ether oxygens (including phenoxy) is 1. The fraction of sp³-hybridized carbons (Fsp3) is 0.556. The Morgan fingerprint density at radius 1 is 1.12 bits per heavy atom. The third-order valence-electron chi connectivity index (χ3n) is 5.13. The molecule has 3 aliphatic rings. The van der Waals surface area contributed by atoms with Gasteiger partial charge in [-0.05, 0) is 49.1 Å². The maximum Gasteiger partial charge on any atom is 0.243 e. The molecular weight excluding hydrogens is 306 g/mol. The second-order valence-electron chi connectivity index (χ2n) is 6.89. The Labute approximate surface area is 141 Å². The number of imide groups is 1. The first-order valence-electron chi connectivity index (χ1n) is 8.76. The molecule has 0 aliphatic carbocycles. The van der Waals surface area contributed by atoms with Crippen LogP contribution in [0.3, 0.4) is 0 Å². The quantitative estimate of drug-likeness (QED) is 0.808. The average molecular weight is 329 g/mol. The normalized spacial score (nSPS) is 27.7. The van der Waals surface area contributed by atoms with Crippen LogP contribution >= 0.6 is 0 Å². The lowest BCUT2D eigenvalue weighted by atomic mass is 10.0. The second-order valence-corrected chi connectivity index (χ2v) is 6.89. The van der Waals surface area contributed by atoms with Gasteiger partial charge in [0, 0.05) is 26.1 Å². The van der Waals surface area contributed by atoms with Gasteiger partial charge in [0.1, 0.15) is 11.9 Å². The van der Waals surface area contributed by atoms with Crippen molar-refractivity contribution < 1.29 is 14.3 Å². The molecule has 3 aliphatic heterocycles. The molecule has 6 heteroatoms. The number of piperidine rings is 2. The summed E-state index contributed by atoms with van der Waals surface area (Å²) in [7, 11) is 0. The van der Waals surface area contributed by atoms with E-state index in [4.69, 9.17) is 4.74 Å². The second kappa shape index (κ2) is 6.53. The molecular formula is C18H23N3O3. The summed E-state index contributed by atoms with van der Waals surface area (Å²) >= 11 is 0. The Balaban J connectivity index is 1.42. The van der Waals surface area contributed by atoms with Crippen LogP contribution in [-0.4, -0.2) is 41.9 Å². The van der Waals surface area contributed by atoms with E-state index in [1.54, 1.807) is 0 Å². The van der Waals surface area contributed by atoms with Crippen molar-refractivity contribution in [3.63, 3.8) is 0 Å². The zero-order valence-corrected chi connectivity index (χ0v) is 13.7. The predicted octanol–water partition coefficient (Wildman–Crippen LogP) is 0.938. The molecule has 2 saturated heterocycles. The monoisotopic (exact) mass is 329 g/mol. The van der Waals surface area contributed by atoms with Gasteiger partial charge in [-0.1, -0.05) is 6.07 Å². The van der Waals surface area contributed by atoms with Gasteiger partial charge in [-0.3, -0.25) is 19.8 Å². The van der Waals surface area contributed by atoms with E-state index < -0.39 is 0 Å². The van der Waals surface area contributed by atoms with Crippen LogP contribution in [0, 0.1) is 0 Å². The van der Waals surface area contributed by atoms with Crippen molar-refractivity contribution in [2.75, 3.05) is 13.1 Å². The molecule has 0 aromatic heterocycles. The Kier molecular flexibility index (Phi) is 4.24. The molecule has 2 atom stereocenters. The summed E-state index contributed by atoms with van der Waals surface area (Å²) < 4.78 is 6.09. The van der Waals surface area contributed by atoms with Crippen LogP contribution < -0.4 is 15.4 Å². The number of hydrogen-bond donors (Lipinski definition) is 2. The van der Waals surface area contributed by atoms with E-state index in [9.17, 15) is 9.59 Å². The summed E-state index contributed by atoms with van der Waals surface area (Å²) in [6.07, 6.45) is 3.51. The van der Waals surface area contributed by atoms with Gasteiger partial charge in [-0.2, -0.15) is 0 Å². The van der Waals surface area contributed by atoms with Crippen molar-refractivity contribution in [3.05, 3.63) is 29.3 Å². The first kappa shape index (κ1) is 15.6. The Hall–Kier alpha value is -1.92. The number of hydrogen-bond acceptors (Lipinski definition) is 5. The molecule has 24 heavy (non-hydrogen) atoms. The number of benzene rings is 1. The van der Waals surface area contributed by atoms with E-state index in [-0.39, 0.29) is 24.0 Å². The Morgan fingerprint density at radius 3 is 2.79 bits per heavy atom. The van der Waals surface area contributed by atoms with Crippen molar-refractivity contribution in [3.8, 4) is 5.75 Å². The lowest BCUT2D eigenvalue weighted by molar-refractivity contribution is -0.137. The highest BCUT2D eigenvalue weighted by molar-refractivity contribution is 6.00. The van der Waals surface area contributed by atoms with Crippen LogP contribution in [0.1, 0.15) is 36.8 Å². The fourth-order valence-electron chi connectivity index (χ4n) is 3.83. The van der Waals surface area contributed by atoms with Gasteiger partial charge in [0.25, 0.3) is 0 Å². The van der Waals surface area contributed by atoms with Gasteiger partial charge >= 0.3 is 0 Å². The number of nitrogens with one attached hydrogen (secondary N) is 2. The minimum absolute atomic E-state index is 0.162. The summed E-state index contributed by atoms with van der Waals surface area (Å²) in [6.45, 7) is 3.47. The van der Waals surface area contributed by atoms with Gasteiger partial charge in [0.05, 0.1) is 6.04 Å². The Bertz CT molecular complexity index is 655. The smallest absolute Gasteiger partial charge is 0.243 e. The Morgan fingerprint density at radius 2 is 2.00 bits per heavy atom. The highest BCUT2D eigenvalue weighted by atomic mass is 16.5. The van der Waals surface area contributed by atoms with Crippen molar-refractivity contribution in [2.45, 2.75) is 50.9 Å². The number of amides is 2. The molecule has 128 valence electrons. The molecule has 2 amide bonds. The maximum absolute atomic E-state index is 12.1. The first-order valence-corrected chi connectivity index (χ1v) is 8.76. The van der Waals surface area contributed by atoms with E-state index in [0.717, 1.165) is 44.8 Å². The summed E-state index contributed by atoms with van der Waals surface area (Å²) in [4.78, 5) is 25.5. The van der Waals surface area contributed by atoms with Gasteiger partial charge in [-0.25, -0.2) is 0 Å². The van der Waals surface area contributed by atoms with Gasteiger partial charge in [0.15, 0.2) is 0 Å². The number of carbonyl (C=O) groups is 2. The number of carbonyl (C=O) groups excluding carboxylic acids is 2. The van der Waals surface area contributed by atoms with Crippen LogP contribution in [0.5, 0.6) is 5.75 Å². The molecule has 3 heterocycles. The van der Waals surface area contributed by atoms with Crippen LogP contribution in [0.2, 0.25) is 0 Å². The van der Waals surface area contributed by atoms with E-state index in [1.165, 1.54) is 11.1 Å². The average Bonchev–Trinajstić information content (AvgIpc) is 2.98.